The Morgan fingerprint density at radius 2 is 1.59 bits per heavy atom. The summed E-state index contributed by atoms with van der Waals surface area (Å²) in [6, 6.07) is 21.0. The minimum atomic E-state index is -0.0342. The standard InChI is InChI=1S/C24H31NO2/c1-2-27-24(26)23(17-20-9-5-3-6-10-20)18-21-13-15-25(16-14-21)19-22-11-7-4-8-12-22/h3-12,21,23H,2,13-19H2,1H3. The second-order valence-corrected chi connectivity index (χ2v) is 7.58. The molecule has 0 aromatic heterocycles. The highest BCUT2D eigenvalue weighted by Gasteiger charge is 2.27. The molecule has 3 rings (SSSR count). The first-order valence-corrected chi connectivity index (χ1v) is 10.2. The Morgan fingerprint density at radius 1 is 1.00 bits per heavy atom. The van der Waals surface area contributed by atoms with Crippen molar-refractivity contribution in [3.05, 3.63) is 71.8 Å². The molecule has 0 bridgehead atoms. The van der Waals surface area contributed by atoms with Crippen molar-refractivity contribution in [1.82, 2.24) is 4.90 Å². The number of hydrogen-bond acceptors (Lipinski definition) is 3. The fourth-order valence-corrected chi connectivity index (χ4v) is 4.05. The third-order valence-electron chi connectivity index (χ3n) is 5.52. The van der Waals surface area contributed by atoms with Crippen LogP contribution < -0.4 is 0 Å². The van der Waals surface area contributed by atoms with Crippen LogP contribution in [0.4, 0.5) is 0 Å². The van der Waals surface area contributed by atoms with Gasteiger partial charge in [0.05, 0.1) is 12.5 Å². The second-order valence-electron chi connectivity index (χ2n) is 7.58. The molecule has 144 valence electrons. The lowest BCUT2D eigenvalue weighted by Crippen LogP contribution is -2.35. The molecule has 0 aliphatic carbocycles. The van der Waals surface area contributed by atoms with Crippen molar-refractivity contribution in [3.63, 3.8) is 0 Å². The van der Waals surface area contributed by atoms with Crippen molar-refractivity contribution in [3.8, 4) is 0 Å². The molecule has 27 heavy (non-hydrogen) atoms. The average Bonchev–Trinajstić information content (AvgIpc) is 2.71. The summed E-state index contributed by atoms with van der Waals surface area (Å²) in [7, 11) is 0. The first-order valence-electron chi connectivity index (χ1n) is 10.2. The molecule has 1 saturated heterocycles. The monoisotopic (exact) mass is 365 g/mol. The topological polar surface area (TPSA) is 29.5 Å². The van der Waals surface area contributed by atoms with E-state index in [0.717, 1.165) is 45.3 Å². The number of piperidine rings is 1. The van der Waals surface area contributed by atoms with E-state index in [1.165, 1.54) is 11.1 Å². The van der Waals surface area contributed by atoms with Crippen LogP contribution in [0.15, 0.2) is 60.7 Å². The summed E-state index contributed by atoms with van der Waals surface area (Å²) in [6.45, 7) is 5.60. The minimum Gasteiger partial charge on any atom is -0.466 e. The smallest absolute Gasteiger partial charge is 0.309 e. The molecule has 1 fully saturated rings. The molecule has 1 aliphatic heterocycles. The normalized spacial score (nSPS) is 16.8. The number of ether oxygens (including phenoxy) is 1. The van der Waals surface area contributed by atoms with E-state index in [1.807, 2.05) is 25.1 Å². The van der Waals surface area contributed by atoms with Crippen LogP contribution in [-0.2, 0) is 22.5 Å². The van der Waals surface area contributed by atoms with Gasteiger partial charge in [-0.05, 0) is 62.7 Å². The Balaban J connectivity index is 1.52. The SMILES string of the molecule is CCOC(=O)C(Cc1ccccc1)CC1CCN(Cc2ccccc2)CC1. The number of rotatable bonds is 8. The molecule has 3 heteroatoms. The molecule has 0 N–H and O–H groups in total. The maximum atomic E-state index is 12.5. The highest BCUT2D eigenvalue weighted by molar-refractivity contribution is 5.72. The number of hydrogen-bond donors (Lipinski definition) is 0. The van der Waals surface area contributed by atoms with Crippen LogP contribution in [0.25, 0.3) is 0 Å². The maximum absolute atomic E-state index is 12.5. The van der Waals surface area contributed by atoms with Crippen molar-refractivity contribution < 1.29 is 9.53 Å². The van der Waals surface area contributed by atoms with Crippen molar-refractivity contribution >= 4 is 5.97 Å². The van der Waals surface area contributed by atoms with Gasteiger partial charge in [-0.1, -0.05) is 60.7 Å². The molecule has 1 atom stereocenters. The third-order valence-corrected chi connectivity index (χ3v) is 5.52. The highest BCUT2D eigenvalue weighted by atomic mass is 16.5. The quantitative estimate of drug-likeness (QED) is 0.635. The van der Waals surface area contributed by atoms with Crippen LogP contribution in [0.5, 0.6) is 0 Å². The van der Waals surface area contributed by atoms with Gasteiger partial charge in [0.15, 0.2) is 0 Å². The van der Waals surface area contributed by atoms with Crippen LogP contribution in [0.3, 0.4) is 0 Å². The van der Waals surface area contributed by atoms with Crippen molar-refractivity contribution in [2.75, 3.05) is 19.7 Å². The van der Waals surface area contributed by atoms with Crippen LogP contribution in [0.1, 0.15) is 37.3 Å². The lowest BCUT2D eigenvalue weighted by atomic mass is 9.84. The molecule has 2 aromatic rings. The molecule has 0 spiro atoms. The van der Waals surface area contributed by atoms with Crippen LogP contribution in [-0.4, -0.2) is 30.6 Å². The molecule has 0 amide bonds. The Bertz CT molecular complexity index is 678. The Morgan fingerprint density at radius 3 is 2.19 bits per heavy atom. The van der Waals surface area contributed by atoms with Crippen molar-refractivity contribution in [1.29, 1.82) is 0 Å². The van der Waals surface area contributed by atoms with Crippen molar-refractivity contribution in [2.24, 2.45) is 11.8 Å². The largest absolute Gasteiger partial charge is 0.466 e. The van der Waals surface area contributed by atoms with Gasteiger partial charge < -0.3 is 4.74 Å². The molecule has 1 unspecified atom stereocenters. The van der Waals surface area contributed by atoms with E-state index in [4.69, 9.17) is 4.74 Å². The molecule has 1 heterocycles. The summed E-state index contributed by atoms with van der Waals surface area (Å²) in [5.74, 6) is 0.543. The van der Waals surface area contributed by atoms with Crippen LogP contribution >= 0.6 is 0 Å². The zero-order valence-corrected chi connectivity index (χ0v) is 16.3. The number of benzene rings is 2. The van der Waals surface area contributed by atoms with E-state index in [9.17, 15) is 4.79 Å². The number of carbonyl (C=O) groups excluding carboxylic acids is 1. The first-order chi connectivity index (χ1) is 13.2. The molecular weight excluding hydrogens is 334 g/mol. The van der Waals surface area contributed by atoms with E-state index in [-0.39, 0.29) is 11.9 Å². The van der Waals surface area contributed by atoms with Gasteiger partial charge in [-0.3, -0.25) is 9.69 Å². The lowest BCUT2D eigenvalue weighted by Gasteiger charge is -2.33. The highest BCUT2D eigenvalue weighted by Crippen LogP contribution is 2.28. The Kier molecular flexibility index (Phi) is 7.46. The van der Waals surface area contributed by atoms with E-state index in [0.29, 0.717) is 12.5 Å². The fraction of sp³-hybridized carbons (Fsp3) is 0.458. The maximum Gasteiger partial charge on any atom is 0.309 e. The first kappa shape index (κ1) is 19.6. The zero-order chi connectivity index (χ0) is 18.9. The zero-order valence-electron chi connectivity index (χ0n) is 16.3. The number of esters is 1. The molecule has 2 aromatic carbocycles. The molecule has 3 nitrogen and oxygen atoms in total. The number of likely N-dealkylation sites (tertiary alicyclic amines) is 1. The van der Waals surface area contributed by atoms with Gasteiger partial charge in [-0.25, -0.2) is 0 Å². The van der Waals surface area contributed by atoms with Gasteiger partial charge in [0.1, 0.15) is 0 Å². The fourth-order valence-electron chi connectivity index (χ4n) is 4.05. The molecular formula is C24H31NO2. The average molecular weight is 366 g/mol. The number of carbonyl (C=O) groups is 1. The second kappa shape index (κ2) is 10.3. The van der Waals surface area contributed by atoms with Gasteiger partial charge in [-0.15, -0.1) is 0 Å². The molecule has 0 radical (unpaired) electrons. The van der Waals surface area contributed by atoms with Crippen molar-refractivity contribution in [2.45, 2.75) is 39.2 Å². The number of nitrogens with zero attached hydrogens (tertiary/aromatic N) is 1. The minimum absolute atomic E-state index is 0.0296. The third kappa shape index (κ3) is 6.21. The van der Waals surface area contributed by atoms with Gasteiger partial charge in [0.25, 0.3) is 0 Å². The van der Waals surface area contributed by atoms with E-state index in [2.05, 4.69) is 47.4 Å². The summed E-state index contributed by atoms with van der Waals surface area (Å²) >= 11 is 0. The van der Waals surface area contributed by atoms with E-state index in [1.54, 1.807) is 0 Å². The van der Waals surface area contributed by atoms with Crippen LogP contribution in [0.2, 0.25) is 0 Å². The predicted molar refractivity (Wildman–Crippen MR) is 109 cm³/mol. The van der Waals surface area contributed by atoms with Gasteiger partial charge in [-0.2, -0.15) is 0 Å². The van der Waals surface area contributed by atoms with E-state index < -0.39 is 0 Å². The van der Waals surface area contributed by atoms with E-state index >= 15 is 0 Å². The molecule has 0 saturated carbocycles. The summed E-state index contributed by atoms with van der Waals surface area (Å²) < 4.78 is 5.37. The molecule has 1 aliphatic rings. The van der Waals surface area contributed by atoms with Gasteiger partial charge in [0.2, 0.25) is 0 Å². The summed E-state index contributed by atoms with van der Waals surface area (Å²) in [6.07, 6.45) is 4.05. The van der Waals surface area contributed by atoms with Gasteiger partial charge >= 0.3 is 5.97 Å². The Hall–Kier alpha value is -2.13. The van der Waals surface area contributed by atoms with Crippen LogP contribution in [0, 0.1) is 11.8 Å². The Labute approximate surface area is 163 Å². The van der Waals surface area contributed by atoms with Gasteiger partial charge in [0, 0.05) is 6.54 Å². The summed E-state index contributed by atoms with van der Waals surface area (Å²) in [4.78, 5) is 15.0. The lowest BCUT2D eigenvalue weighted by molar-refractivity contribution is -0.148. The summed E-state index contributed by atoms with van der Waals surface area (Å²) in [5, 5.41) is 0. The predicted octanol–water partition coefficient (Wildman–Crippen LogP) is 4.71. The summed E-state index contributed by atoms with van der Waals surface area (Å²) in [5.41, 5.74) is 2.60.